The molecule has 2 heterocycles. The lowest BCUT2D eigenvalue weighted by Crippen LogP contribution is -2.57. The number of hydrogen-bond acceptors (Lipinski definition) is 4. The maximum absolute atomic E-state index is 13.2. The highest BCUT2D eigenvalue weighted by atomic mass is 16.6. The minimum absolute atomic E-state index is 0.0453. The Bertz CT molecular complexity index is 928. The van der Waals surface area contributed by atoms with Gasteiger partial charge in [0.15, 0.2) is 5.43 Å². The second-order valence-electron chi connectivity index (χ2n) is 10.2. The van der Waals surface area contributed by atoms with Crippen molar-refractivity contribution in [3.05, 3.63) is 51.9 Å². The van der Waals surface area contributed by atoms with Crippen LogP contribution in [-0.4, -0.2) is 19.3 Å². The predicted octanol–water partition coefficient (Wildman–Crippen LogP) is 5.54. The molecule has 6 atom stereocenters. The smallest absolute Gasteiger partial charge is 0.291 e. The van der Waals surface area contributed by atoms with Crippen LogP contribution >= 0.6 is 0 Å². The summed E-state index contributed by atoms with van der Waals surface area (Å²) in [6, 6.07) is 0. The highest BCUT2D eigenvalue weighted by molar-refractivity contribution is 5.33. The lowest BCUT2D eigenvalue weighted by Gasteiger charge is -2.62. The van der Waals surface area contributed by atoms with Crippen LogP contribution in [-0.2, 0) is 11.2 Å². The van der Waals surface area contributed by atoms with E-state index in [1.165, 1.54) is 5.57 Å². The molecule has 30 heavy (non-hydrogen) atoms. The van der Waals surface area contributed by atoms with Gasteiger partial charge in [-0.05, 0) is 75.0 Å². The Kier molecular flexibility index (Phi) is 5.29. The van der Waals surface area contributed by atoms with Crippen molar-refractivity contribution in [2.24, 2.45) is 22.7 Å². The van der Waals surface area contributed by atoms with E-state index in [4.69, 9.17) is 13.9 Å². The third kappa shape index (κ3) is 2.94. The summed E-state index contributed by atoms with van der Waals surface area (Å²) in [6.07, 6.45) is 8.39. The summed E-state index contributed by atoms with van der Waals surface area (Å²) >= 11 is 0. The van der Waals surface area contributed by atoms with Gasteiger partial charge in [0.05, 0.1) is 24.9 Å². The van der Waals surface area contributed by atoms with Gasteiger partial charge in [0.1, 0.15) is 5.76 Å². The van der Waals surface area contributed by atoms with Gasteiger partial charge in [-0.15, -0.1) is 6.58 Å². The van der Waals surface area contributed by atoms with Gasteiger partial charge >= 0.3 is 0 Å². The molecule has 3 aliphatic rings. The first-order chi connectivity index (χ1) is 14.2. The summed E-state index contributed by atoms with van der Waals surface area (Å²) < 4.78 is 17.7. The highest BCUT2D eigenvalue weighted by Gasteiger charge is 2.62. The zero-order chi connectivity index (χ0) is 21.8. The summed E-state index contributed by atoms with van der Waals surface area (Å²) in [7, 11) is 1.58. The monoisotopic (exact) mass is 412 g/mol. The van der Waals surface area contributed by atoms with Crippen LogP contribution in [0.1, 0.15) is 62.8 Å². The number of allylic oxidation sites excluding steroid dienone is 1. The second kappa shape index (κ2) is 7.40. The van der Waals surface area contributed by atoms with E-state index in [2.05, 4.69) is 27.0 Å². The molecule has 3 fully saturated rings. The topological polar surface area (TPSA) is 48.7 Å². The van der Waals surface area contributed by atoms with E-state index < -0.39 is 0 Å². The standard InChI is InChI=1S/C26H36O4/c1-8-18-13-21-22(30-18)10-12-25(5)20(15(2)9-11-26(21,25)6)14-19-23(27)16(3)17(4)29-24(19)28-7/h8,18,20-22H,1-2,9-14H2,3-7H3/t18-,20?,21?,22+,25-,26-/m1/s1. The van der Waals surface area contributed by atoms with E-state index in [0.717, 1.165) is 32.1 Å². The molecule has 164 valence electrons. The molecule has 0 aromatic carbocycles. The summed E-state index contributed by atoms with van der Waals surface area (Å²) in [4.78, 5) is 13.2. The van der Waals surface area contributed by atoms with Crippen LogP contribution in [0.5, 0.6) is 5.95 Å². The van der Waals surface area contributed by atoms with Gasteiger partial charge in [0.25, 0.3) is 5.95 Å². The molecule has 4 rings (SSSR count). The third-order valence-corrected chi connectivity index (χ3v) is 9.07. The first-order valence-corrected chi connectivity index (χ1v) is 11.3. The molecule has 4 heteroatoms. The van der Waals surface area contributed by atoms with Crippen molar-refractivity contribution in [2.75, 3.05) is 7.11 Å². The minimum atomic E-state index is 0.0453. The van der Waals surface area contributed by atoms with Gasteiger partial charge in [0.2, 0.25) is 0 Å². The molecule has 2 saturated carbocycles. The van der Waals surface area contributed by atoms with E-state index >= 15 is 0 Å². The van der Waals surface area contributed by atoms with Crippen LogP contribution in [0.4, 0.5) is 0 Å². The molecule has 2 unspecified atom stereocenters. The SMILES string of the molecule is C=C[C@@H]1CC2[C@H](CC[C@]3(C)C(Cc4c(OC)oc(C)c(C)c4=O)C(=C)CC[C@]23C)O1. The van der Waals surface area contributed by atoms with Crippen molar-refractivity contribution in [1.82, 2.24) is 0 Å². The Hall–Kier alpha value is -1.81. The van der Waals surface area contributed by atoms with E-state index in [0.29, 0.717) is 41.3 Å². The van der Waals surface area contributed by atoms with Gasteiger partial charge in [-0.2, -0.15) is 0 Å². The quantitative estimate of drug-likeness (QED) is 0.609. The summed E-state index contributed by atoms with van der Waals surface area (Å²) in [5.41, 5.74) is 2.83. The Morgan fingerprint density at radius 1 is 1.23 bits per heavy atom. The number of ether oxygens (including phenoxy) is 2. The van der Waals surface area contributed by atoms with Crippen molar-refractivity contribution in [2.45, 2.75) is 78.4 Å². The molecular weight excluding hydrogens is 376 g/mol. The molecule has 0 radical (unpaired) electrons. The summed E-state index contributed by atoms with van der Waals surface area (Å²) in [5, 5.41) is 0. The largest absolute Gasteiger partial charge is 0.468 e. The van der Waals surface area contributed by atoms with Crippen LogP contribution in [0.25, 0.3) is 0 Å². The highest BCUT2D eigenvalue weighted by Crippen LogP contribution is 2.67. The zero-order valence-electron chi connectivity index (χ0n) is 19.2. The molecule has 4 nitrogen and oxygen atoms in total. The van der Waals surface area contributed by atoms with E-state index in [1.54, 1.807) is 7.11 Å². The molecule has 1 aliphatic heterocycles. The van der Waals surface area contributed by atoms with Crippen molar-refractivity contribution >= 4 is 0 Å². The van der Waals surface area contributed by atoms with Gasteiger partial charge in [-0.1, -0.05) is 32.1 Å². The Morgan fingerprint density at radius 2 is 1.97 bits per heavy atom. The Morgan fingerprint density at radius 3 is 2.63 bits per heavy atom. The van der Waals surface area contributed by atoms with E-state index in [1.807, 2.05) is 19.9 Å². The summed E-state index contributed by atoms with van der Waals surface area (Å²) in [5.74, 6) is 1.72. The minimum Gasteiger partial charge on any atom is -0.468 e. The van der Waals surface area contributed by atoms with Crippen molar-refractivity contribution in [3.8, 4) is 5.95 Å². The van der Waals surface area contributed by atoms with Gasteiger partial charge in [0, 0.05) is 5.56 Å². The van der Waals surface area contributed by atoms with Gasteiger partial charge < -0.3 is 13.9 Å². The molecular formula is C26H36O4. The van der Waals surface area contributed by atoms with Crippen LogP contribution in [0.3, 0.4) is 0 Å². The maximum Gasteiger partial charge on any atom is 0.291 e. The molecule has 1 aromatic heterocycles. The lowest BCUT2D eigenvalue weighted by atomic mass is 9.42. The van der Waals surface area contributed by atoms with Crippen LogP contribution < -0.4 is 10.2 Å². The number of fused-ring (bicyclic) bond motifs is 3. The second-order valence-corrected chi connectivity index (χ2v) is 10.2. The molecule has 2 aliphatic carbocycles. The molecule has 1 aromatic rings. The van der Waals surface area contributed by atoms with Crippen molar-refractivity contribution in [3.63, 3.8) is 0 Å². The number of rotatable bonds is 4. The fraction of sp³-hybridized carbons (Fsp3) is 0.654. The fourth-order valence-corrected chi connectivity index (χ4v) is 6.78. The number of aryl methyl sites for hydroxylation is 1. The zero-order valence-corrected chi connectivity index (χ0v) is 19.2. The lowest BCUT2D eigenvalue weighted by molar-refractivity contribution is -0.126. The number of hydrogen-bond donors (Lipinski definition) is 0. The molecule has 0 N–H and O–H groups in total. The molecule has 0 amide bonds. The van der Waals surface area contributed by atoms with E-state index in [9.17, 15) is 4.79 Å². The van der Waals surface area contributed by atoms with Gasteiger partial charge in [-0.3, -0.25) is 4.79 Å². The summed E-state index contributed by atoms with van der Waals surface area (Å²) in [6.45, 7) is 17.0. The molecule has 1 saturated heterocycles. The van der Waals surface area contributed by atoms with E-state index in [-0.39, 0.29) is 28.3 Å². The third-order valence-electron chi connectivity index (χ3n) is 9.07. The van der Waals surface area contributed by atoms with Crippen molar-refractivity contribution in [1.29, 1.82) is 0 Å². The number of methoxy groups -OCH3 is 1. The molecule has 0 spiro atoms. The van der Waals surface area contributed by atoms with Crippen LogP contribution in [0, 0.1) is 36.5 Å². The Balaban J connectivity index is 1.75. The Labute approximate surface area is 180 Å². The average molecular weight is 413 g/mol. The molecule has 0 bridgehead atoms. The van der Waals surface area contributed by atoms with Crippen LogP contribution in [0.2, 0.25) is 0 Å². The first-order valence-electron chi connectivity index (χ1n) is 11.3. The van der Waals surface area contributed by atoms with Gasteiger partial charge in [-0.25, -0.2) is 0 Å². The first kappa shape index (κ1) is 21.4. The maximum atomic E-state index is 13.2. The predicted molar refractivity (Wildman–Crippen MR) is 119 cm³/mol. The fourth-order valence-electron chi connectivity index (χ4n) is 6.78. The van der Waals surface area contributed by atoms with Crippen LogP contribution in [0.15, 0.2) is 34.0 Å². The van der Waals surface area contributed by atoms with Crippen molar-refractivity contribution < 1.29 is 13.9 Å². The average Bonchev–Trinajstić information content (AvgIpc) is 3.16. The normalized spacial score (nSPS) is 38.1.